The van der Waals surface area contributed by atoms with Crippen molar-refractivity contribution in [2.24, 2.45) is 0 Å². The maximum absolute atomic E-state index is 12.9. The van der Waals surface area contributed by atoms with Crippen LogP contribution in [0.25, 0.3) is 0 Å². The summed E-state index contributed by atoms with van der Waals surface area (Å²) in [5.41, 5.74) is 1.35. The highest BCUT2D eigenvalue weighted by molar-refractivity contribution is 7.98. The SMILES string of the molecule is CSCCN(C(=O)c1ccc(F)cc1)c1ccccc1. The largest absolute Gasteiger partial charge is 0.308 e. The second-order valence-corrected chi connectivity index (χ2v) is 5.28. The van der Waals surface area contributed by atoms with E-state index in [1.807, 2.05) is 36.6 Å². The van der Waals surface area contributed by atoms with E-state index >= 15 is 0 Å². The van der Waals surface area contributed by atoms with E-state index in [-0.39, 0.29) is 11.7 Å². The number of carbonyl (C=O) groups is 1. The predicted octanol–water partition coefficient (Wildman–Crippen LogP) is 3.84. The number of benzene rings is 2. The normalized spacial score (nSPS) is 10.3. The minimum Gasteiger partial charge on any atom is -0.308 e. The van der Waals surface area contributed by atoms with E-state index < -0.39 is 0 Å². The molecule has 1 amide bonds. The molecule has 20 heavy (non-hydrogen) atoms. The Morgan fingerprint density at radius 1 is 1.10 bits per heavy atom. The van der Waals surface area contributed by atoms with Gasteiger partial charge in [0, 0.05) is 23.5 Å². The Hall–Kier alpha value is -1.81. The molecule has 0 saturated carbocycles. The van der Waals surface area contributed by atoms with Gasteiger partial charge in [0.25, 0.3) is 5.91 Å². The molecule has 0 aromatic heterocycles. The number of nitrogens with zero attached hydrogens (tertiary/aromatic N) is 1. The zero-order chi connectivity index (χ0) is 14.4. The van der Waals surface area contributed by atoms with Crippen LogP contribution in [0, 0.1) is 5.82 Å². The van der Waals surface area contributed by atoms with Gasteiger partial charge < -0.3 is 4.90 Å². The molecule has 0 radical (unpaired) electrons. The third-order valence-corrected chi connectivity index (χ3v) is 3.51. The summed E-state index contributed by atoms with van der Waals surface area (Å²) in [4.78, 5) is 14.3. The number of carbonyl (C=O) groups excluding carboxylic acids is 1. The van der Waals surface area contributed by atoms with E-state index in [4.69, 9.17) is 0 Å². The lowest BCUT2D eigenvalue weighted by Gasteiger charge is -2.22. The molecule has 2 rings (SSSR count). The number of amides is 1. The fraction of sp³-hybridized carbons (Fsp3) is 0.188. The van der Waals surface area contributed by atoms with Crippen molar-refractivity contribution in [3.05, 3.63) is 66.0 Å². The van der Waals surface area contributed by atoms with Crippen molar-refractivity contribution in [1.29, 1.82) is 0 Å². The molecule has 0 fully saturated rings. The van der Waals surface area contributed by atoms with Crippen LogP contribution < -0.4 is 4.90 Å². The molecule has 2 aromatic rings. The summed E-state index contributed by atoms with van der Waals surface area (Å²) < 4.78 is 12.9. The molecular weight excluding hydrogens is 273 g/mol. The van der Waals surface area contributed by atoms with Crippen LogP contribution in [-0.2, 0) is 0 Å². The summed E-state index contributed by atoms with van der Waals surface area (Å²) in [5.74, 6) is 0.407. The number of anilines is 1. The average Bonchev–Trinajstić information content (AvgIpc) is 2.49. The van der Waals surface area contributed by atoms with Gasteiger partial charge in [0.1, 0.15) is 5.82 Å². The van der Waals surface area contributed by atoms with Gasteiger partial charge in [-0.05, 0) is 42.7 Å². The van der Waals surface area contributed by atoms with Crippen molar-refractivity contribution in [3.63, 3.8) is 0 Å². The first kappa shape index (κ1) is 14.6. The lowest BCUT2D eigenvalue weighted by atomic mass is 10.1. The predicted molar refractivity (Wildman–Crippen MR) is 82.9 cm³/mol. The van der Waals surface area contributed by atoms with Crippen LogP contribution >= 0.6 is 11.8 Å². The summed E-state index contributed by atoms with van der Waals surface area (Å²) in [5, 5.41) is 0. The van der Waals surface area contributed by atoms with Crippen LogP contribution in [-0.4, -0.2) is 24.5 Å². The minimum absolute atomic E-state index is 0.106. The highest BCUT2D eigenvalue weighted by atomic mass is 32.2. The van der Waals surface area contributed by atoms with Gasteiger partial charge in [0.15, 0.2) is 0 Å². The summed E-state index contributed by atoms with van der Waals surface area (Å²) in [6.07, 6.45) is 2.01. The maximum atomic E-state index is 12.9. The Morgan fingerprint density at radius 2 is 1.75 bits per heavy atom. The van der Waals surface area contributed by atoms with Gasteiger partial charge in [0.2, 0.25) is 0 Å². The molecule has 0 spiro atoms. The van der Waals surface area contributed by atoms with Gasteiger partial charge >= 0.3 is 0 Å². The molecule has 0 atom stereocenters. The molecule has 2 aromatic carbocycles. The lowest BCUT2D eigenvalue weighted by molar-refractivity contribution is 0.0988. The molecule has 0 aliphatic heterocycles. The zero-order valence-electron chi connectivity index (χ0n) is 11.3. The van der Waals surface area contributed by atoms with Crippen molar-refractivity contribution in [2.45, 2.75) is 0 Å². The van der Waals surface area contributed by atoms with E-state index in [0.717, 1.165) is 11.4 Å². The van der Waals surface area contributed by atoms with Crippen molar-refractivity contribution in [2.75, 3.05) is 23.5 Å². The molecular formula is C16H16FNOS. The second-order valence-electron chi connectivity index (χ2n) is 4.29. The molecule has 4 heteroatoms. The van der Waals surface area contributed by atoms with E-state index in [1.54, 1.807) is 16.7 Å². The number of hydrogen-bond acceptors (Lipinski definition) is 2. The van der Waals surface area contributed by atoms with Crippen molar-refractivity contribution in [1.82, 2.24) is 0 Å². The van der Waals surface area contributed by atoms with E-state index in [0.29, 0.717) is 12.1 Å². The topological polar surface area (TPSA) is 20.3 Å². The van der Waals surface area contributed by atoms with Crippen LogP contribution in [0.2, 0.25) is 0 Å². The van der Waals surface area contributed by atoms with E-state index in [2.05, 4.69) is 0 Å². The van der Waals surface area contributed by atoms with Gasteiger partial charge in [0.05, 0.1) is 0 Å². The van der Waals surface area contributed by atoms with Gasteiger partial charge in [-0.1, -0.05) is 18.2 Å². The molecule has 0 N–H and O–H groups in total. The molecule has 2 nitrogen and oxygen atoms in total. The van der Waals surface area contributed by atoms with Crippen molar-refractivity contribution < 1.29 is 9.18 Å². The smallest absolute Gasteiger partial charge is 0.258 e. The molecule has 0 bridgehead atoms. The Labute approximate surface area is 122 Å². The molecule has 0 heterocycles. The Kier molecular flexibility index (Phi) is 5.18. The standard InChI is InChI=1S/C16H16FNOS/c1-20-12-11-18(15-5-3-2-4-6-15)16(19)13-7-9-14(17)10-8-13/h2-10H,11-12H2,1H3. The fourth-order valence-electron chi connectivity index (χ4n) is 1.89. The first-order valence-electron chi connectivity index (χ1n) is 6.34. The van der Waals surface area contributed by atoms with Gasteiger partial charge in [-0.2, -0.15) is 11.8 Å². The number of para-hydroxylation sites is 1. The van der Waals surface area contributed by atoms with E-state index in [9.17, 15) is 9.18 Å². The van der Waals surface area contributed by atoms with Crippen LogP contribution in [0.15, 0.2) is 54.6 Å². The highest BCUT2D eigenvalue weighted by Crippen LogP contribution is 2.17. The quantitative estimate of drug-likeness (QED) is 0.833. The summed E-state index contributed by atoms with van der Waals surface area (Å²) >= 11 is 1.69. The Balaban J connectivity index is 2.26. The molecule has 0 aliphatic carbocycles. The maximum Gasteiger partial charge on any atom is 0.258 e. The molecule has 0 aliphatic rings. The van der Waals surface area contributed by atoms with Gasteiger partial charge in [-0.15, -0.1) is 0 Å². The second kappa shape index (κ2) is 7.10. The Bertz CT molecular complexity index is 556. The van der Waals surface area contributed by atoms with Crippen LogP contribution in [0.4, 0.5) is 10.1 Å². The first-order chi connectivity index (χ1) is 9.72. The monoisotopic (exact) mass is 289 g/mol. The van der Waals surface area contributed by atoms with Gasteiger partial charge in [-0.25, -0.2) is 4.39 Å². The lowest BCUT2D eigenvalue weighted by Crippen LogP contribution is -2.33. The van der Waals surface area contributed by atoms with Gasteiger partial charge in [-0.3, -0.25) is 4.79 Å². The van der Waals surface area contributed by atoms with E-state index in [1.165, 1.54) is 24.3 Å². The molecule has 0 saturated heterocycles. The number of rotatable bonds is 5. The third kappa shape index (κ3) is 3.61. The van der Waals surface area contributed by atoms with Crippen molar-refractivity contribution >= 4 is 23.4 Å². The molecule has 104 valence electrons. The summed E-state index contributed by atoms with van der Waals surface area (Å²) in [7, 11) is 0. The highest BCUT2D eigenvalue weighted by Gasteiger charge is 2.17. The van der Waals surface area contributed by atoms with Crippen LogP contribution in [0.1, 0.15) is 10.4 Å². The fourth-order valence-corrected chi connectivity index (χ4v) is 2.25. The number of thioether (sulfide) groups is 1. The first-order valence-corrected chi connectivity index (χ1v) is 7.73. The molecule has 0 unspecified atom stereocenters. The Morgan fingerprint density at radius 3 is 2.35 bits per heavy atom. The van der Waals surface area contributed by atoms with Crippen molar-refractivity contribution in [3.8, 4) is 0 Å². The van der Waals surface area contributed by atoms with Crippen LogP contribution in [0.5, 0.6) is 0 Å². The minimum atomic E-state index is -0.336. The summed E-state index contributed by atoms with van der Waals surface area (Å²) in [6.45, 7) is 0.626. The number of halogens is 1. The summed E-state index contributed by atoms with van der Waals surface area (Å²) in [6, 6.07) is 15.2. The number of hydrogen-bond donors (Lipinski definition) is 0. The average molecular weight is 289 g/mol. The van der Waals surface area contributed by atoms with Crippen LogP contribution in [0.3, 0.4) is 0 Å². The third-order valence-electron chi connectivity index (χ3n) is 2.92. The zero-order valence-corrected chi connectivity index (χ0v) is 12.1.